The van der Waals surface area contributed by atoms with E-state index in [1.165, 1.54) is 12.1 Å². The van der Waals surface area contributed by atoms with Crippen molar-refractivity contribution in [3.63, 3.8) is 0 Å². The third-order valence-electron chi connectivity index (χ3n) is 1.89. The molecule has 6 heteroatoms. The minimum atomic E-state index is -3.69. The van der Waals surface area contributed by atoms with E-state index in [1.54, 1.807) is 18.2 Å². The second kappa shape index (κ2) is 6.13. The topological polar surface area (TPSA) is 80.7 Å². The molecule has 1 unspecified atom stereocenters. The van der Waals surface area contributed by atoms with E-state index in [2.05, 4.69) is 11.3 Å². The molecule has 96 valence electrons. The van der Waals surface area contributed by atoms with Crippen LogP contribution in [0.15, 0.2) is 59.4 Å². The Morgan fingerprint density at radius 2 is 1.94 bits per heavy atom. The molecule has 1 aromatic rings. The second-order valence-corrected chi connectivity index (χ2v) is 5.06. The number of aliphatic hydroxyl groups excluding tert-OH is 1. The molecular weight excluding hydrogens is 256 g/mol. The molecule has 0 bridgehead atoms. The molecule has 5 nitrogen and oxygen atoms in total. The van der Waals surface area contributed by atoms with Crippen LogP contribution >= 0.6 is 0 Å². The number of benzene rings is 1. The fourth-order valence-electron chi connectivity index (χ4n) is 1.04. The SMILES string of the molecule is C=CC(O)OC(=O)C=CS(=O)(=O)c1ccccc1. The number of sulfone groups is 1. The molecule has 1 N–H and O–H groups in total. The van der Waals surface area contributed by atoms with Gasteiger partial charge in [0.2, 0.25) is 6.29 Å². The molecule has 0 aliphatic rings. The number of rotatable bonds is 5. The Morgan fingerprint density at radius 3 is 2.50 bits per heavy atom. The first kappa shape index (κ1) is 14.1. The van der Waals surface area contributed by atoms with Crippen molar-refractivity contribution in [2.45, 2.75) is 11.2 Å². The number of carbonyl (C=O) groups excluding carboxylic acids is 1. The van der Waals surface area contributed by atoms with Crippen LogP contribution in [0.1, 0.15) is 0 Å². The molecule has 0 saturated heterocycles. The highest BCUT2D eigenvalue weighted by molar-refractivity contribution is 7.94. The van der Waals surface area contributed by atoms with Crippen molar-refractivity contribution < 1.29 is 23.1 Å². The van der Waals surface area contributed by atoms with Gasteiger partial charge in [-0.2, -0.15) is 0 Å². The molecular formula is C12H12O5S. The van der Waals surface area contributed by atoms with E-state index in [4.69, 9.17) is 5.11 Å². The van der Waals surface area contributed by atoms with Crippen LogP contribution in [0.5, 0.6) is 0 Å². The van der Waals surface area contributed by atoms with Gasteiger partial charge in [0.05, 0.1) is 4.90 Å². The Morgan fingerprint density at radius 1 is 1.33 bits per heavy atom. The number of carbonyl (C=O) groups is 1. The fraction of sp³-hybridized carbons (Fsp3) is 0.0833. The van der Waals surface area contributed by atoms with Crippen molar-refractivity contribution in [2.75, 3.05) is 0 Å². The molecule has 0 aliphatic heterocycles. The number of ether oxygens (including phenoxy) is 1. The second-order valence-electron chi connectivity index (χ2n) is 3.22. The third-order valence-corrected chi connectivity index (χ3v) is 3.32. The first-order chi connectivity index (χ1) is 8.45. The third kappa shape index (κ3) is 4.15. The Balaban J connectivity index is 2.78. The smallest absolute Gasteiger partial charge is 0.334 e. The van der Waals surface area contributed by atoms with Crippen LogP contribution in [0.2, 0.25) is 0 Å². The van der Waals surface area contributed by atoms with Crippen molar-refractivity contribution in [3.05, 3.63) is 54.5 Å². The summed E-state index contributed by atoms with van der Waals surface area (Å²) in [4.78, 5) is 11.2. The van der Waals surface area contributed by atoms with Crippen molar-refractivity contribution in [1.29, 1.82) is 0 Å². The number of hydrogen-bond acceptors (Lipinski definition) is 5. The Kier molecular flexibility index (Phi) is 4.82. The van der Waals surface area contributed by atoms with Gasteiger partial charge in [-0.25, -0.2) is 13.2 Å². The quantitative estimate of drug-likeness (QED) is 0.373. The van der Waals surface area contributed by atoms with E-state index < -0.39 is 22.1 Å². The fourth-order valence-corrected chi connectivity index (χ4v) is 2.02. The summed E-state index contributed by atoms with van der Waals surface area (Å²) in [6.45, 7) is 3.20. The summed E-state index contributed by atoms with van der Waals surface area (Å²) in [5, 5.41) is 9.65. The van der Waals surface area contributed by atoms with Gasteiger partial charge in [0.25, 0.3) is 0 Å². The van der Waals surface area contributed by atoms with E-state index in [0.29, 0.717) is 0 Å². The molecule has 1 atom stereocenters. The summed E-state index contributed by atoms with van der Waals surface area (Å²) < 4.78 is 27.8. The number of hydrogen-bond donors (Lipinski definition) is 1. The molecule has 1 rings (SSSR count). The Hall–Kier alpha value is -1.92. The van der Waals surface area contributed by atoms with E-state index >= 15 is 0 Å². The van der Waals surface area contributed by atoms with E-state index in [-0.39, 0.29) is 4.90 Å². The van der Waals surface area contributed by atoms with E-state index in [1.807, 2.05) is 0 Å². The summed E-state index contributed by atoms with van der Waals surface area (Å²) in [5.74, 6) is -0.970. The lowest BCUT2D eigenvalue weighted by Crippen LogP contribution is -2.13. The molecule has 18 heavy (non-hydrogen) atoms. The Labute approximate surface area is 105 Å². The van der Waals surface area contributed by atoms with Crippen molar-refractivity contribution in [2.24, 2.45) is 0 Å². The summed E-state index contributed by atoms with van der Waals surface area (Å²) in [7, 11) is -3.69. The lowest BCUT2D eigenvalue weighted by molar-refractivity contribution is -0.154. The lowest BCUT2D eigenvalue weighted by Gasteiger charge is -2.04. The van der Waals surface area contributed by atoms with Crippen LogP contribution in [-0.4, -0.2) is 25.8 Å². The molecule has 0 amide bonds. The molecule has 0 aliphatic carbocycles. The standard InChI is InChI=1S/C12H12O5S/c1-2-11(13)17-12(14)8-9-18(15,16)10-6-4-3-5-7-10/h2-9,11,13H,1H2. The predicted molar refractivity (Wildman–Crippen MR) is 65.1 cm³/mol. The number of esters is 1. The number of aliphatic hydroxyl groups is 1. The van der Waals surface area contributed by atoms with Gasteiger partial charge in [-0.05, 0) is 18.2 Å². The van der Waals surface area contributed by atoms with Crippen LogP contribution < -0.4 is 0 Å². The first-order valence-corrected chi connectivity index (χ1v) is 6.50. The van der Waals surface area contributed by atoms with E-state index in [9.17, 15) is 13.2 Å². The Bertz CT molecular complexity index is 545. The minimum Gasteiger partial charge on any atom is -0.429 e. The maximum Gasteiger partial charge on any atom is 0.334 e. The highest BCUT2D eigenvalue weighted by Crippen LogP contribution is 2.11. The lowest BCUT2D eigenvalue weighted by atomic mass is 10.4. The average Bonchev–Trinajstić information content (AvgIpc) is 2.37. The van der Waals surface area contributed by atoms with Gasteiger partial charge < -0.3 is 9.84 Å². The van der Waals surface area contributed by atoms with Crippen LogP contribution in [-0.2, 0) is 19.4 Å². The zero-order valence-corrected chi connectivity index (χ0v) is 10.2. The predicted octanol–water partition coefficient (Wildman–Crippen LogP) is 1.02. The molecule has 0 aromatic heterocycles. The summed E-state index contributed by atoms with van der Waals surface area (Å²) in [6, 6.07) is 7.63. The van der Waals surface area contributed by atoms with Gasteiger partial charge in [0, 0.05) is 11.5 Å². The van der Waals surface area contributed by atoms with Crippen LogP contribution in [0.3, 0.4) is 0 Å². The highest BCUT2D eigenvalue weighted by Gasteiger charge is 2.11. The van der Waals surface area contributed by atoms with Gasteiger partial charge in [0.1, 0.15) is 0 Å². The van der Waals surface area contributed by atoms with Gasteiger partial charge in [0.15, 0.2) is 9.84 Å². The summed E-state index contributed by atoms with van der Waals surface area (Å²) >= 11 is 0. The molecule has 0 radical (unpaired) electrons. The summed E-state index contributed by atoms with van der Waals surface area (Å²) in [6.07, 6.45) is 0.272. The largest absolute Gasteiger partial charge is 0.429 e. The molecule has 0 heterocycles. The molecule has 1 aromatic carbocycles. The van der Waals surface area contributed by atoms with Crippen LogP contribution in [0, 0.1) is 0 Å². The minimum absolute atomic E-state index is 0.0679. The van der Waals surface area contributed by atoms with Crippen molar-refractivity contribution in [1.82, 2.24) is 0 Å². The highest BCUT2D eigenvalue weighted by atomic mass is 32.2. The van der Waals surface area contributed by atoms with Crippen molar-refractivity contribution in [3.8, 4) is 0 Å². The zero-order chi connectivity index (χ0) is 13.6. The molecule has 0 saturated carbocycles. The van der Waals surface area contributed by atoms with Gasteiger partial charge >= 0.3 is 5.97 Å². The van der Waals surface area contributed by atoms with Gasteiger partial charge in [-0.3, -0.25) is 0 Å². The first-order valence-electron chi connectivity index (χ1n) is 4.95. The summed E-state index contributed by atoms with van der Waals surface area (Å²) in [5.41, 5.74) is 0. The van der Waals surface area contributed by atoms with Crippen molar-refractivity contribution >= 4 is 15.8 Å². The van der Waals surface area contributed by atoms with Crippen LogP contribution in [0.25, 0.3) is 0 Å². The van der Waals surface area contributed by atoms with Gasteiger partial charge in [-0.15, -0.1) is 0 Å². The zero-order valence-electron chi connectivity index (χ0n) is 9.39. The average molecular weight is 268 g/mol. The molecule has 0 fully saturated rings. The van der Waals surface area contributed by atoms with Crippen LogP contribution in [0.4, 0.5) is 0 Å². The van der Waals surface area contributed by atoms with E-state index in [0.717, 1.165) is 17.6 Å². The molecule has 0 spiro atoms. The van der Waals surface area contributed by atoms with Gasteiger partial charge in [-0.1, -0.05) is 24.8 Å². The maximum absolute atomic E-state index is 11.7. The monoisotopic (exact) mass is 268 g/mol. The maximum atomic E-state index is 11.7. The normalized spacial score (nSPS) is 13.2.